The Morgan fingerprint density at radius 3 is 1.25 bits per heavy atom. The van der Waals surface area contributed by atoms with Crippen molar-refractivity contribution in [2.45, 2.75) is 0 Å². The Hall–Kier alpha value is -0.480. The maximum atomic E-state index is 9.94. The second-order valence-electron chi connectivity index (χ2n) is 1.61. The molecule has 2 amide bonds. The standard InChI is InChI=1S/2C3H6ClNO/c2*1-5-3(6)2-4/h2*2H2,1H3,(H,5,6). The molecule has 6 heteroatoms. The average molecular weight is 215 g/mol. The predicted molar refractivity (Wildman–Crippen MR) is 49.6 cm³/mol. The highest BCUT2D eigenvalue weighted by Gasteiger charge is 1.87. The van der Waals surface area contributed by atoms with E-state index in [1.54, 1.807) is 14.1 Å². The van der Waals surface area contributed by atoms with Crippen molar-refractivity contribution in [2.75, 3.05) is 25.9 Å². The summed E-state index contributed by atoms with van der Waals surface area (Å²) in [5.74, 6) is -0.180. The van der Waals surface area contributed by atoms with Crippen molar-refractivity contribution in [1.29, 1.82) is 0 Å². The van der Waals surface area contributed by atoms with Crippen molar-refractivity contribution in [3.05, 3.63) is 0 Å². The summed E-state index contributed by atoms with van der Waals surface area (Å²) >= 11 is 10.1. The van der Waals surface area contributed by atoms with Gasteiger partial charge in [0, 0.05) is 14.1 Å². The number of alkyl halides is 2. The van der Waals surface area contributed by atoms with E-state index in [4.69, 9.17) is 23.2 Å². The monoisotopic (exact) mass is 214 g/mol. The normalized spacial score (nSPS) is 7.67. The predicted octanol–water partition coefficient (Wildman–Crippen LogP) is -0.0576. The van der Waals surface area contributed by atoms with E-state index in [0.717, 1.165) is 0 Å². The SMILES string of the molecule is CNC(=O)CCl.CNC(=O)CCl. The number of hydrogen-bond acceptors (Lipinski definition) is 2. The Bertz CT molecular complexity index is 114. The minimum atomic E-state index is -0.142. The number of nitrogens with one attached hydrogen (secondary N) is 2. The molecule has 0 radical (unpaired) electrons. The highest BCUT2D eigenvalue weighted by atomic mass is 35.5. The van der Waals surface area contributed by atoms with Crippen LogP contribution in [0.15, 0.2) is 0 Å². The van der Waals surface area contributed by atoms with Crippen LogP contribution in [0.1, 0.15) is 0 Å². The Balaban J connectivity index is 0. The highest BCUT2D eigenvalue weighted by Crippen LogP contribution is 1.69. The van der Waals surface area contributed by atoms with Crippen molar-refractivity contribution >= 4 is 35.0 Å². The first kappa shape index (κ1) is 14.1. The molecule has 12 heavy (non-hydrogen) atoms. The van der Waals surface area contributed by atoms with Crippen LogP contribution in [0, 0.1) is 0 Å². The Morgan fingerprint density at radius 2 is 1.25 bits per heavy atom. The van der Waals surface area contributed by atoms with Gasteiger partial charge >= 0.3 is 0 Å². The van der Waals surface area contributed by atoms with Gasteiger partial charge in [-0.1, -0.05) is 0 Å². The number of carbonyl (C=O) groups excluding carboxylic acids is 2. The number of hydrogen-bond donors (Lipinski definition) is 2. The maximum absolute atomic E-state index is 9.94. The van der Waals surface area contributed by atoms with Gasteiger partial charge in [-0.2, -0.15) is 0 Å². The molecule has 0 saturated heterocycles. The van der Waals surface area contributed by atoms with E-state index in [2.05, 4.69) is 10.6 Å². The summed E-state index contributed by atoms with van der Waals surface area (Å²) in [6.07, 6.45) is 0. The molecule has 0 spiro atoms. The molecule has 0 unspecified atom stereocenters. The lowest BCUT2D eigenvalue weighted by Crippen LogP contribution is -2.18. The summed E-state index contributed by atoms with van der Waals surface area (Å²) in [6, 6.07) is 0. The van der Waals surface area contributed by atoms with E-state index < -0.39 is 0 Å². The van der Waals surface area contributed by atoms with Crippen LogP contribution >= 0.6 is 23.2 Å². The first-order valence-electron chi connectivity index (χ1n) is 3.15. The second-order valence-corrected chi connectivity index (χ2v) is 2.15. The third-order valence-electron chi connectivity index (χ3n) is 0.800. The Morgan fingerprint density at radius 1 is 1.00 bits per heavy atom. The molecule has 0 aromatic rings. The Labute approximate surface area is 81.6 Å². The van der Waals surface area contributed by atoms with Gasteiger partial charge in [0.15, 0.2) is 0 Å². The van der Waals surface area contributed by atoms with Crippen LogP contribution in [-0.2, 0) is 9.59 Å². The molecule has 2 N–H and O–H groups in total. The van der Waals surface area contributed by atoms with Crippen LogP contribution < -0.4 is 10.6 Å². The summed E-state index contributed by atoms with van der Waals surface area (Å²) in [7, 11) is 3.09. The van der Waals surface area contributed by atoms with Crippen LogP contribution in [0.4, 0.5) is 0 Å². The minimum Gasteiger partial charge on any atom is -0.358 e. The van der Waals surface area contributed by atoms with Crippen molar-refractivity contribution in [1.82, 2.24) is 10.6 Å². The zero-order valence-corrected chi connectivity index (χ0v) is 8.50. The molecule has 0 rings (SSSR count). The fourth-order valence-electron chi connectivity index (χ4n) is 0.134. The fourth-order valence-corrected chi connectivity index (χ4v) is 0.401. The van der Waals surface area contributed by atoms with Gasteiger partial charge in [-0.3, -0.25) is 9.59 Å². The molecule has 0 fully saturated rings. The Kier molecular flexibility index (Phi) is 12.3. The minimum absolute atomic E-state index is 0.0521. The van der Waals surface area contributed by atoms with Crippen LogP contribution in [0.5, 0.6) is 0 Å². The average Bonchev–Trinajstić information content (AvgIpc) is 2.16. The molecule has 0 aliphatic heterocycles. The zero-order valence-electron chi connectivity index (χ0n) is 6.99. The summed E-state index contributed by atoms with van der Waals surface area (Å²) in [5, 5.41) is 4.69. The summed E-state index contributed by atoms with van der Waals surface area (Å²) < 4.78 is 0. The lowest BCUT2D eigenvalue weighted by Gasteiger charge is -1.85. The topological polar surface area (TPSA) is 58.2 Å². The van der Waals surface area contributed by atoms with Gasteiger partial charge < -0.3 is 10.6 Å². The van der Waals surface area contributed by atoms with Crippen LogP contribution in [0.3, 0.4) is 0 Å². The molecule has 0 aromatic heterocycles. The first-order chi connectivity index (χ1) is 5.62. The van der Waals surface area contributed by atoms with E-state index in [1.165, 1.54) is 0 Å². The highest BCUT2D eigenvalue weighted by molar-refractivity contribution is 6.27. The molecule has 0 aromatic carbocycles. The van der Waals surface area contributed by atoms with Gasteiger partial charge in [0.2, 0.25) is 11.8 Å². The molecule has 0 heterocycles. The molecule has 0 saturated carbocycles. The number of amides is 2. The lowest BCUT2D eigenvalue weighted by molar-refractivity contribution is -0.119. The van der Waals surface area contributed by atoms with E-state index in [-0.39, 0.29) is 23.6 Å². The van der Waals surface area contributed by atoms with Crippen LogP contribution in [-0.4, -0.2) is 37.7 Å². The number of carbonyl (C=O) groups is 2. The largest absolute Gasteiger partial charge is 0.358 e. The van der Waals surface area contributed by atoms with Gasteiger partial charge in [-0.15, -0.1) is 23.2 Å². The van der Waals surface area contributed by atoms with Crippen LogP contribution in [0.2, 0.25) is 0 Å². The summed E-state index contributed by atoms with van der Waals surface area (Å²) in [4.78, 5) is 19.9. The molecular weight excluding hydrogens is 203 g/mol. The molecule has 0 atom stereocenters. The van der Waals surface area contributed by atoms with Crippen molar-refractivity contribution in [3.8, 4) is 0 Å². The van der Waals surface area contributed by atoms with Gasteiger partial charge in [0.1, 0.15) is 11.8 Å². The van der Waals surface area contributed by atoms with E-state index in [0.29, 0.717) is 0 Å². The van der Waals surface area contributed by atoms with Crippen molar-refractivity contribution in [3.63, 3.8) is 0 Å². The second kappa shape index (κ2) is 10.5. The van der Waals surface area contributed by atoms with E-state index in [1.807, 2.05) is 0 Å². The van der Waals surface area contributed by atoms with Crippen molar-refractivity contribution < 1.29 is 9.59 Å². The molecule has 0 aliphatic carbocycles. The third-order valence-corrected chi connectivity index (χ3v) is 1.29. The third kappa shape index (κ3) is 12.2. The zero-order chi connectivity index (χ0) is 9.98. The van der Waals surface area contributed by atoms with E-state index >= 15 is 0 Å². The lowest BCUT2D eigenvalue weighted by atomic mass is 10.7. The van der Waals surface area contributed by atoms with Gasteiger partial charge in [0.05, 0.1) is 0 Å². The summed E-state index contributed by atoms with van der Waals surface area (Å²) in [5.41, 5.74) is 0. The number of rotatable bonds is 2. The molecule has 0 aliphatic rings. The van der Waals surface area contributed by atoms with Gasteiger partial charge in [-0.25, -0.2) is 0 Å². The van der Waals surface area contributed by atoms with Crippen LogP contribution in [0.25, 0.3) is 0 Å². The summed E-state index contributed by atoms with van der Waals surface area (Å²) in [6.45, 7) is 0. The van der Waals surface area contributed by atoms with Gasteiger partial charge in [0.25, 0.3) is 0 Å². The molecule has 0 bridgehead atoms. The first-order valence-corrected chi connectivity index (χ1v) is 4.22. The quantitative estimate of drug-likeness (QED) is 0.634. The van der Waals surface area contributed by atoms with E-state index in [9.17, 15) is 9.59 Å². The number of halogens is 2. The smallest absolute Gasteiger partial charge is 0.234 e. The fraction of sp³-hybridized carbons (Fsp3) is 0.667. The van der Waals surface area contributed by atoms with Gasteiger partial charge in [-0.05, 0) is 0 Å². The molecule has 72 valence electrons. The maximum Gasteiger partial charge on any atom is 0.234 e. The van der Waals surface area contributed by atoms with Crippen molar-refractivity contribution in [2.24, 2.45) is 0 Å². The molecular formula is C6H12Cl2N2O2. The molecule has 4 nitrogen and oxygen atoms in total.